The largest absolute Gasteiger partial charge is 0.287 e. The minimum absolute atomic E-state index is 0.0898. The maximum Gasteiger partial charge on any atom is 0.214 e. The first-order valence-corrected chi connectivity index (χ1v) is 8.98. The smallest absolute Gasteiger partial charge is 0.214 e. The highest BCUT2D eigenvalue weighted by molar-refractivity contribution is 6.08. The molecule has 0 atom stereocenters. The summed E-state index contributed by atoms with van der Waals surface area (Å²) in [6, 6.07) is 24.3. The maximum atomic E-state index is 12.9. The number of fused-ring (bicyclic) bond motifs is 3. The summed E-state index contributed by atoms with van der Waals surface area (Å²) >= 11 is 0. The van der Waals surface area contributed by atoms with E-state index in [1.807, 2.05) is 48.5 Å². The second-order valence-corrected chi connectivity index (χ2v) is 6.82. The van der Waals surface area contributed by atoms with Crippen molar-refractivity contribution in [2.24, 2.45) is 0 Å². The monoisotopic (exact) mass is 351 g/mol. The zero-order chi connectivity index (χ0) is 18.2. The number of hydrogen-bond donors (Lipinski definition) is 0. The van der Waals surface area contributed by atoms with Crippen LogP contribution in [0.15, 0.2) is 79.0 Å². The van der Waals surface area contributed by atoms with E-state index in [9.17, 15) is 4.79 Å². The molecule has 0 saturated carbocycles. The minimum atomic E-state index is -0.0898. The van der Waals surface area contributed by atoms with Gasteiger partial charge in [-0.25, -0.2) is 4.68 Å². The van der Waals surface area contributed by atoms with E-state index in [2.05, 4.69) is 34.6 Å². The van der Waals surface area contributed by atoms with E-state index in [-0.39, 0.29) is 5.78 Å². The third-order valence-corrected chi connectivity index (χ3v) is 5.01. The fraction of sp³-hybridized carbons (Fsp3) is 0.0870. The summed E-state index contributed by atoms with van der Waals surface area (Å²) in [4.78, 5) is 12.9. The second-order valence-electron chi connectivity index (χ2n) is 6.82. The molecule has 3 aromatic carbocycles. The van der Waals surface area contributed by atoms with Gasteiger partial charge >= 0.3 is 0 Å². The van der Waals surface area contributed by atoms with Crippen LogP contribution in [-0.4, -0.2) is 20.8 Å². The van der Waals surface area contributed by atoms with Gasteiger partial charge in [0.15, 0.2) is 5.69 Å². The molecular formula is C23H17N3O. The molecule has 1 aliphatic rings. The summed E-state index contributed by atoms with van der Waals surface area (Å²) in [5.74, 6) is -0.0898. The van der Waals surface area contributed by atoms with Gasteiger partial charge in [-0.2, -0.15) is 0 Å². The molecular weight excluding hydrogens is 334 g/mol. The molecule has 4 aromatic rings. The quantitative estimate of drug-likeness (QED) is 0.458. The lowest BCUT2D eigenvalue weighted by molar-refractivity contribution is 0.103. The molecule has 130 valence electrons. The van der Waals surface area contributed by atoms with Crippen LogP contribution in [-0.2, 0) is 13.0 Å². The van der Waals surface area contributed by atoms with Crippen LogP contribution in [0.4, 0.5) is 0 Å². The van der Waals surface area contributed by atoms with Crippen molar-refractivity contribution in [3.63, 3.8) is 0 Å². The fourth-order valence-corrected chi connectivity index (χ4v) is 3.68. The fourth-order valence-electron chi connectivity index (χ4n) is 3.68. The van der Waals surface area contributed by atoms with E-state index in [1.54, 1.807) is 10.9 Å². The number of aromatic nitrogens is 3. The second kappa shape index (κ2) is 6.32. The summed E-state index contributed by atoms with van der Waals surface area (Å²) in [7, 11) is 0. The summed E-state index contributed by atoms with van der Waals surface area (Å²) in [6.07, 6.45) is 2.59. The van der Waals surface area contributed by atoms with E-state index in [0.29, 0.717) is 17.8 Å². The minimum Gasteiger partial charge on any atom is -0.287 e. The molecule has 4 heteroatoms. The van der Waals surface area contributed by atoms with Crippen LogP contribution >= 0.6 is 0 Å². The molecule has 0 aliphatic heterocycles. The van der Waals surface area contributed by atoms with E-state index in [4.69, 9.17) is 0 Å². The van der Waals surface area contributed by atoms with Gasteiger partial charge in [0.1, 0.15) is 0 Å². The summed E-state index contributed by atoms with van der Waals surface area (Å²) < 4.78 is 1.70. The van der Waals surface area contributed by atoms with E-state index in [0.717, 1.165) is 12.0 Å². The highest BCUT2D eigenvalue weighted by Crippen LogP contribution is 2.36. The molecule has 5 rings (SSSR count). The molecule has 0 bridgehead atoms. The Labute approximate surface area is 157 Å². The standard InChI is InChI=1S/C23H17N3O/c27-23(22-15-26(25-24-22)14-16-6-2-1-3-7-16)18-10-11-21-19(13-18)12-17-8-4-5-9-20(17)21/h1-11,13,15H,12,14H2. The third-order valence-electron chi connectivity index (χ3n) is 5.01. The number of benzene rings is 3. The Morgan fingerprint density at radius 2 is 1.67 bits per heavy atom. The lowest BCUT2D eigenvalue weighted by Gasteiger charge is -2.03. The first kappa shape index (κ1) is 15.7. The lowest BCUT2D eigenvalue weighted by Crippen LogP contribution is -2.03. The predicted molar refractivity (Wildman–Crippen MR) is 104 cm³/mol. The van der Waals surface area contributed by atoms with Crippen LogP contribution in [0.25, 0.3) is 11.1 Å². The van der Waals surface area contributed by atoms with Gasteiger partial charge in [0.25, 0.3) is 0 Å². The zero-order valence-electron chi connectivity index (χ0n) is 14.7. The Hall–Kier alpha value is -3.53. The molecule has 0 saturated heterocycles. The first-order valence-electron chi connectivity index (χ1n) is 8.98. The lowest BCUT2D eigenvalue weighted by atomic mass is 10.0. The van der Waals surface area contributed by atoms with Gasteiger partial charge in [-0.05, 0) is 40.3 Å². The van der Waals surface area contributed by atoms with Gasteiger partial charge in [0.05, 0.1) is 12.7 Å². The van der Waals surface area contributed by atoms with Crippen LogP contribution in [0.1, 0.15) is 32.7 Å². The van der Waals surface area contributed by atoms with Gasteiger partial charge in [-0.3, -0.25) is 4.79 Å². The molecule has 4 nitrogen and oxygen atoms in total. The SMILES string of the molecule is O=C(c1ccc2c(c1)Cc1ccccc1-2)c1cn(Cc2ccccc2)nn1. The van der Waals surface area contributed by atoms with Crippen molar-refractivity contribution >= 4 is 5.78 Å². The molecule has 0 amide bonds. The van der Waals surface area contributed by atoms with Crippen LogP contribution in [0.2, 0.25) is 0 Å². The Morgan fingerprint density at radius 3 is 2.56 bits per heavy atom. The zero-order valence-corrected chi connectivity index (χ0v) is 14.7. The van der Waals surface area contributed by atoms with Crippen molar-refractivity contribution in [2.75, 3.05) is 0 Å². The van der Waals surface area contributed by atoms with Gasteiger partial charge in [0, 0.05) is 5.56 Å². The normalized spacial score (nSPS) is 11.9. The van der Waals surface area contributed by atoms with Gasteiger partial charge in [-0.15, -0.1) is 5.10 Å². The Bertz CT molecular complexity index is 1150. The molecule has 1 heterocycles. The Morgan fingerprint density at radius 1 is 0.889 bits per heavy atom. The summed E-state index contributed by atoms with van der Waals surface area (Å²) in [5, 5.41) is 8.19. The van der Waals surface area contributed by atoms with Gasteiger partial charge in [-0.1, -0.05) is 71.9 Å². The summed E-state index contributed by atoms with van der Waals surface area (Å²) in [5.41, 5.74) is 7.14. The van der Waals surface area contributed by atoms with Crippen molar-refractivity contribution in [2.45, 2.75) is 13.0 Å². The van der Waals surface area contributed by atoms with Gasteiger partial charge in [0.2, 0.25) is 5.78 Å². The molecule has 27 heavy (non-hydrogen) atoms. The van der Waals surface area contributed by atoms with Crippen molar-refractivity contribution in [1.29, 1.82) is 0 Å². The van der Waals surface area contributed by atoms with Gasteiger partial charge < -0.3 is 0 Å². The Balaban J connectivity index is 1.40. The summed E-state index contributed by atoms with van der Waals surface area (Å²) in [6.45, 7) is 0.598. The maximum absolute atomic E-state index is 12.9. The molecule has 1 aromatic heterocycles. The number of rotatable bonds is 4. The van der Waals surface area contributed by atoms with Crippen molar-refractivity contribution in [3.8, 4) is 11.1 Å². The average Bonchev–Trinajstić information content (AvgIpc) is 3.32. The highest BCUT2D eigenvalue weighted by Gasteiger charge is 2.21. The third kappa shape index (κ3) is 2.85. The Kier molecular flexibility index (Phi) is 3.68. The first-order chi connectivity index (χ1) is 13.3. The molecule has 0 fully saturated rings. The number of carbonyl (C=O) groups is 1. The molecule has 0 N–H and O–H groups in total. The topological polar surface area (TPSA) is 47.8 Å². The van der Waals surface area contributed by atoms with Crippen molar-refractivity contribution in [3.05, 3.63) is 107 Å². The number of nitrogens with zero attached hydrogens (tertiary/aromatic N) is 3. The number of carbonyl (C=O) groups excluding carboxylic acids is 1. The van der Waals surface area contributed by atoms with Crippen molar-refractivity contribution in [1.82, 2.24) is 15.0 Å². The van der Waals surface area contributed by atoms with Crippen LogP contribution < -0.4 is 0 Å². The highest BCUT2D eigenvalue weighted by atomic mass is 16.1. The predicted octanol–water partition coefficient (Wildman–Crippen LogP) is 4.13. The van der Waals surface area contributed by atoms with E-state index < -0.39 is 0 Å². The van der Waals surface area contributed by atoms with Crippen LogP contribution in [0, 0.1) is 0 Å². The molecule has 0 unspecified atom stereocenters. The molecule has 0 radical (unpaired) electrons. The number of ketones is 1. The van der Waals surface area contributed by atoms with E-state index in [1.165, 1.54) is 22.3 Å². The molecule has 1 aliphatic carbocycles. The molecule has 0 spiro atoms. The van der Waals surface area contributed by atoms with Crippen LogP contribution in [0.5, 0.6) is 0 Å². The van der Waals surface area contributed by atoms with Crippen molar-refractivity contribution < 1.29 is 4.79 Å². The average molecular weight is 351 g/mol. The van der Waals surface area contributed by atoms with E-state index >= 15 is 0 Å². The van der Waals surface area contributed by atoms with Crippen LogP contribution in [0.3, 0.4) is 0 Å². The number of hydrogen-bond acceptors (Lipinski definition) is 3.